The summed E-state index contributed by atoms with van der Waals surface area (Å²) in [5, 5.41) is 6.06. The van der Waals surface area contributed by atoms with Crippen LogP contribution in [0.2, 0.25) is 0 Å². The van der Waals surface area contributed by atoms with Crippen molar-refractivity contribution >= 4 is 11.8 Å². The van der Waals surface area contributed by atoms with E-state index >= 15 is 0 Å². The van der Waals surface area contributed by atoms with Crippen molar-refractivity contribution in [3.05, 3.63) is 36.5 Å². The third-order valence-electron chi connectivity index (χ3n) is 8.54. The molecule has 0 aliphatic carbocycles. The summed E-state index contributed by atoms with van der Waals surface area (Å²) < 4.78 is 0. The number of hydrogen-bond donors (Lipinski definition) is 2. The summed E-state index contributed by atoms with van der Waals surface area (Å²) >= 11 is 0. The molecule has 0 aromatic heterocycles. The van der Waals surface area contributed by atoms with Gasteiger partial charge in [-0.05, 0) is 84.7 Å². The van der Waals surface area contributed by atoms with E-state index in [-0.39, 0.29) is 11.8 Å². The van der Waals surface area contributed by atoms with E-state index in [9.17, 15) is 9.59 Å². The molecule has 0 aromatic carbocycles. The van der Waals surface area contributed by atoms with Crippen molar-refractivity contribution in [1.82, 2.24) is 15.5 Å². The summed E-state index contributed by atoms with van der Waals surface area (Å²) in [6.07, 6.45) is 45.2. The zero-order valence-electron chi connectivity index (χ0n) is 31.1. The maximum Gasteiger partial charge on any atom is 0.243 e. The van der Waals surface area contributed by atoms with Gasteiger partial charge in [-0.3, -0.25) is 9.59 Å². The first kappa shape index (κ1) is 44.1. The number of carbonyl (C=O) groups is 2. The number of allylic oxidation sites excluding steroid dienone is 6. The highest BCUT2D eigenvalue weighted by atomic mass is 16.2. The maximum absolute atomic E-state index is 12.8. The Morgan fingerprint density at radius 1 is 0.543 bits per heavy atom. The van der Waals surface area contributed by atoms with Gasteiger partial charge in [0.1, 0.15) is 6.04 Å². The number of unbranched alkanes of at least 4 members (excludes halogenated alkanes) is 20. The molecule has 0 aliphatic heterocycles. The lowest BCUT2D eigenvalue weighted by Gasteiger charge is -2.22. The summed E-state index contributed by atoms with van der Waals surface area (Å²) in [7, 11) is 3.89. The molecule has 5 nitrogen and oxygen atoms in total. The zero-order valence-corrected chi connectivity index (χ0v) is 31.1. The first-order chi connectivity index (χ1) is 22.5. The molecule has 0 fully saturated rings. The number of likely N-dealkylation sites (N-methyl/N-ethyl adjacent to an activating group) is 1. The molecule has 0 rings (SSSR count). The Kier molecular flexibility index (Phi) is 34.5. The summed E-state index contributed by atoms with van der Waals surface area (Å²) in [5.41, 5.74) is 0. The molecule has 0 aliphatic rings. The maximum atomic E-state index is 12.8. The van der Waals surface area contributed by atoms with Crippen LogP contribution >= 0.6 is 0 Å². The van der Waals surface area contributed by atoms with Gasteiger partial charge in [0.05, 0.1) is 0 Å². The fraction of sp³-hybridized carbons (Fsp3) is 0.805. The quantitative estimate of drug-likeness (QED) is 0.0542. The van der Waals surface area contributed by atoms with Gasteiger partial charge in [-0.1, -0.05) is 140 Å². The van der Waals surface area contributed by atoms with Gasteiger partial charge in [0, 0.05) is 19.5 Å². The molecule has 46 heavy (non-hydrogen) atoms. The van der Waals surface area contributed by atoms with Crippen molar-refractivity contribution in [3.63, 3.8) is 0 Å². The first-order valence-corrected chi connectivity index (χ1v) is 19.7. The van der Waals surface area contributed by atoms with Crippen LogP contribution in [0.4, 0.5) is 0 Å². The third kappa shape index (κ3) is 33.5. The number of amides is 2. The van der Waals surface area contributed by atoms with Crippen LogP contribution in [0.25, 0.3) is 0 Å². The van der Waals surface area contributed by atoms with E-state index in [0.717, 1.165) is 32.1 Å². The molecule has 5 heteroatoms. The number of hydrogen-bond acceptors (Lipinski definition) is 3. The summed E-state index contributed by atoms with van der Waals surface area (Å²) in [6.45, 7) is 5.72. The van der Waals surface area contributed by atoms with Crippen LogP contribution in [0.5, 0.6) is 0 Å². The van der Waals surface area contributed by atoms with Gasteiger partial charge in [0.25, 0.3) is 0 Å². The van der Waals surface area contributed by atoms with Crippen molar-refractivity contribution in [2.24, 2.45) is 0 Å². The van der Waals surface area contributed by atoms with Gasteiger partial charge in [0.2, 0.25) is 11.8 Å². The van der Waals surface area contributed by atoms with Crippen LogP contribution in [-0.4, -0.2) is 49.9 Å². The second-order valence-electron chi connectivity index (χ2n) is 13.6. The molecular formula is C41H77N3O2. The molecule has 2 amide bonds. The molecule has 0 spiro atoms. The highest BCUT2D eigenvalue weighted by molar-refractivity contribution is 5.87. The van der Waals surface area contributed by atoms with E-state index in [1.54, 1.807) is 0 Å². The van der Waals surface area contributed by atoms with Gasteiger partial charge < -0.3 is 15.5 Å². The predicted molar refractivity (Wildman–Crippen MR) is 202 cm³/mol. The summed E-state index contributed by atoms with van der Waals surface area (Å²) in [4.78, 5) is 27.4. The molecule has 0 bridgehead atoms. The second-order valence-corrected chi connectivity index (χ2v) is 13.6. The Labute approximate surface area is 286 Å². The summed E-state index contributed by atoms with van der Waals surface area (Å²) in [5.74, 6) is -0.0671. The van der Waals surface area contributed by atoms with Crippen LogP contribution in [0.15, 0.2) is 36.5 Å². The molecule has 2 N–H and O–H groups in total. The van der Waals surface area contributed by atoms with Gasteiger partial charge >= 0.3 is 0 Å². The van der Waals surface area contributed by atoms with E-state index in [0.29, 0.717) is 19.5 Å². The second kappa shape index (κ2) is 36.0. The number of nitrogens with zero attached hydrogens (tertiary/aromatic N) is 1. The Morgan fingerprint density at radius 3 is 1.48 bits per heavy atom. The fourth-order valence-electron chi connectivity index (χ4n) is 5.63. The van der Waals surface area contributed by atoms with Crippen LogP contribution in [0, 0.1) is 0 Å². The lowest BCUT2D eigenvalue weighted by atomic mass is 10.1. The molecule has 268 valence electrons. The standard InChI is InChI=1S/C41H77N3O2/c1-5-7-9-11-13-15-17-19-21-23-25-27-29-31-33-35-37-42-41(46)39(38-44(3)4)43-40(45)36-34-32-30-28-26-24-22-20-18-16-14-12-10-8-6-2/h13,15,19-22,39H,5-12,14,16-18,23-38H2,1-4H3,(H,42,46)(H,43,45)/b15-13-,21-19-,22-20-. The van der Waals surface area contributed by atoms with Crippen molar-refractivity contribution in [1.29, 1.82) is 0 Å². The Hall–Kier alpha value is -1.88. The Morgan fingerprint density at radius 2 is 0.957 bits per heavy atom. The monoisotopic (exact) mass is 644 g/mol. The first-order valence-electron chi connectivity index (χ1n) is 19.7. The van der Waals surface area contributed by atoms with Crippen LogP contribution in [0.3, 0.4) is 0 Å². The molecule has 1 unspecified atom stereocenters. The molecule has 0 heterocycles. The average molecular weight is 644 g/mol. The van der Waals surface area contributed by atoms with Crippen molar-refractivity contribution in [2.45, 2.75) is 187 Å². The average Bonchev–Trinajstić information content (AvgIpc) is 3.03. The largest absolute Gasteiger partial charge is 0.354 e. The van der Waals surface area contributed by atoms with Crippen LogP contribution in [0.1, 0.15) is 181 Å². The number of nitrogens with one attached hydrogen (secondary N) is 2. The summed E-state index contributed by atoms with van der Waals surface area (Å²) in [6, 6.07) is -0.491. The van der Waals surface area contributed by atoms with Crippen LogP contribution < -0.4 is 10.6 Å². The topological polar surface area (TPSA) is 61.4 Å². The predicted octanol–water partition coefficient (Wildman–Crippen LogP) is 11.0. The highest BCUT2D eigenvalue weighted by Crippen LogP contribution is 2.11. The normalized spacial score (nSPS) is 12.6. The van der Waals surface area contributed by atoms with Crippen molar-refractivity contribution in [2.75, 3.05) is 27.2 Å². The highest BCUT2D eigenvalue weighted by Gasteiger charge is 2.20. The Balaban J connectivity index is 3.82. The molecule has 0 radical (unpaired) electrons. The van der Waals surface area contributed by atoms with E-state index in [4.69, 9.17) is 0 Å². The third-order valence-corrected chi connectivity index (χ3v) is 8.54. The van der Waals surface area contributed by atoms with E-state index in [1.165, 1.54) is 128 Å². The minimum absolute atomic E-state index is 0.00616. The lowest BCUT2D eigenvalue weighted by molar-refractivity contribution is -0.129. The van der Waals surface area contributed by atoms with E-state index < -0.39 is 6.04 Å². The van der Waals surface area contributed by atoms with Gasteiger partial charge in [0.15, 0.2) is 0 Å². The molecule has 0 aromatic rings. The van der Waals surface area contributed by atoms with E-state index in [2.05, 4.69) is 60.9 Å². The SMILES string of the molecule is CCCCC/C=C\C/C=C\CCCCCCCCNC(=O)C(CN(C)C)NC(=O)CCCCCCC/C=C\CCCCCCCC. The Bertz CT molecular complexity index is 759. The van der Waals surface area contributed by atoms with Crippen LogP contribution in [-0.2, 0) is 9.59 Å². The van der Waals surface area contributed by atoms with E-state index in [1.807, 2.05) is 19.0 Å². The van der Waals surface area contributed by atoms with Gasteiger partial charge in [-0.25, -0.2) is 0 Å². The smallest absolute Gasteiger partial charge is 0.243 e. The zero-order chi connectivity index (χ0) is 33.8. The number of carbonyl (C=O) groups excluding carboxylic acids is 2. The van der Waals surface area contributed by atoms with Crippen molar-refractivity contribution < 1.29 is 9.59 Å². The minimum Gasteiger partial charge on any atom is -0.354 e. The lowest BCUT2D eigenvalue weighted by Crippen LogP contribution is -2.51. The van der Waals surface area contributed by atoms with Gasteiger partial charge in [-0.15, -0.1) is 0 Å². The molecular weight excluding hydrogens is 566 g/mol. The van der Waals surface area contributed by atoms with Gasteiger partial charge in [-0.2, -0.15) is 0 Å². The minimum atomic E-state index is -0.491. The fourth-order valence-corrected chi connectivity index (χ4v) is 5.63. The molecule has 0 saturated carbocycles. The molecule has 0 saturated heterocycles. The van der Waals surface area contributed by atoms with Crippen molar-refractivity contribution in [3.8, 4) is 0 Å². The molecule has 1 atom stereocenters. The number of rotatable bonds is 34.